The van der Waals surface area contributed by atoms with Crippen LogP contribution in [0.2, 0.25) is 0 Å². The van der Waals surface area contributed by atoms with Crippen LogP contribution in [0.3, 0.4) is 0 Å². The van der Waals surface area contributed by atoms with E-state index in [9.17, 15) is 0 Å². The van der Waals surface area contributed by atoms with E-state index in [4.69, 9.17) is 0 Å². The summed E-state index contributed by atoms with van der Waals surface area (Å²) in [5.41, 5.74) is 12.0. The van der Waals surface area contributed by atoms with Crippen LogP contribution in [-0.4, -0.2) is 4.57 Å². The van der Waals surface area contributed by atoms with Crippen molar-refractivity contribution >= 4 is 60.1 Å². The van der Waals surface area contributed by atoms with E-state index in [0.717, 1.165) is 11.4 Å². The fourth-order valence-corrected chi connectivity index (χ4v) is 8.42. The van der Waals surface area contributed by atoms with E-state index in [0.29, 0.717) is 0 Å². The number of fused-ring (bicyclic) bond motifs is 5. The maximum Gasteiger partial charge on any atom is 0.0537 e. The van der Waals surface area contributed by atoms with Crippen molar-refractivity contribution < 1.29 is 0 Å². The summed E-state index contributed by atoms with van der Waals surface area (Å²) >= 11 is 0. The summed E-state index contributed by atoms with van der Waals surface area (Å²) in [6.45, 7) is 6.53. The smallest absolute Gasteiger partial charge is 0.0537 e. The van der Waals surface area contributed by atoms with Gasteiger partial charge in [-0.2, -0.15) is 0 Å². The number of rotatable bonds is 5. The van der Waals surface area contributed by atoms with Crippen molar-refractivity contribution in [3.05, 3.63) is 194 Å². The Balaban J connectivity index is 1.30. The first-order valence-electron chi connectivity index (χ1n) is 18.0. The lowest BCUT2D eigenvalue weighted by Gasteiger charge is -2.20. The van der Waals surface area contributed by atoms with Gasteiger partial charge in [0.25, 0.3) is 0 Å². The van der Waals surface area contributed by atoms with Crippen molar-refractivity contribution in [2.75, 3.05) is 0 Å². The molecule has 1 aromatic heterocycles. The molecule has 0 radical (unpaired) electrons. The van der Waals surface area contributed by atoms with Crippen LogP contribution in [0.1, 0.15) is 11.3 Å². The Kier molecular flexibility index (Phi) is 6.94. The van der Waals surface area contributed by atoms with E-state index in [1.807, 2.05) is 6.08 Å². The minimum atomic E-state index is 1.11. The molecule has 0 saturated heterocycles. The molecule has 0 aliphatic carbocycles. The molecule has 0 bridgehead atoms. The van der Waals surface area contributed by atoms with Gasteiger partial charge in [-0.3, -0.25) is 0 Å². The molecular formula is C51H35N. The van der Waals surface area contributed by atoms with E-state index in [-0.39, 0.29) is 0 Å². The first-order chi connectivity index (χ1) is 25.7. The normalized spacial score (nSPS) is 11.6. The maximum atomic E-state index is 4.31. The van der Waals surface area contributed by atoms with E-state index < -0.39 is 0 Å². The summed E-state index contributed by atoms with van der Waals surface area (Å²) < 4.78 is 2.39. The standard InChI is InChI=1S/C51H35N/c1-3-48-33(2)46-31-39(34-13-5-4-6-14-34)25-28-49(46)52(48)42-26-27-45-47(32-42)51(41-24-22-36-16-8-10-18-38(36)30-41)44-20-12-11-19-43(44)50(45)40-23-21-35-15-7-9-17-37(35)29-40/h3-32H,1H2,2H3. The Morgan fingerprint density at radius 3 is 1.58 bits per heavy atom. The molecule has 0 amide bonds. The first-order valence-corrected chi connectivity index (χ1v) is 18.0. The number of hydrogen-bond donors (Lipinski definition) is 0. The number of benzene rings is 9. The second kappa shape index (κ2) is 12.0. The third-order valence-electron chi connectivity index (χ3n) is 10.9. The Labute approximate surface area is 303 Å². The molecular weight excluding hydrogens is 627 g/mol. The molecule has 0 N–H and O–H groups in total. The highest BCUT2D eigenvalue weighted by molar-refractivity contribution is 6.22. The van der Waals surface area contributed by atoms with E-state index in [1.165, 1.54) is 92.9 Å². The molecule has 0 fully saturated rings. The van der Waals surface area contributed by atoms with Crippen LogP contribution in [0.4, 0.5) is 0 Å². The molecule has 9 aromatic carbocycles. The Bertz CT molecular complexity index is 3030. The maximum absolute atomic E-state index is 4.31. The highest BCUT2D eigenvalue weighted by Gasteiger charge is 2.20. The third kappa shape index (κ3) is 4.71. The van der Waals surface area contributed by atoms with Gasteiger partial charge >= 0.3 is 0 Å². The van der Waals surface area contributed by atoms with Crippen LogP contribution in [0.5, 0.6) is 0 Å². The Hall–Kier alpha value is -6.70. The molecule has 0 aliphatic heterocycles. The number of nitrogens with zero attached hydrogens (tertiary/aromatic N) is 1. The first kappa shape index (κ1) is 30.2. The van der Waals surface area contributed by atoms with Crippen molar-refractivity contribution in [2.24, 2.45) is 0 Å². The van der Waals surface area contributed by atoms with Crippen LogP contribution >= 0.6 is 0 Å². The number of aromatic nitrogens is 1. The minimum absolute atomic E-state index is 1.11. The Morgan fingerprint density at radius 1 is 0.404 bits per heavy atom. The van der Waals surface area contributed by atoms with E-state index in [2.05, 4.69) is 194 Å². The van der Waals surface area contributed by atoms with Crippen molar-refractivity contribution in [1.29, 1.82) is 0 Å². The zero-order chi connectivity index (χ0) is 34.8. The molecule has 10 aromatic rings. The molecule has 0 saturated carbocycles. The second-order valence-corrected chi connectivity index (χ2v) is 13.8. The highest BCUT2D eigenvalue weighted by Crippen LogP contribution is 2.46. The fourth-order valence-electron chi connectivity index (χ4n) is 8.42. The fraction of sp³-hybridized carbons (Fsp3) is 0.0196. The van der Waals surface area contributed by atoms with Crippen LogP contribution in [0.15, 0.2) is 183 Å². The van der Waals surface area contributed by atoms with Gasteiger partial charge in [0.05, 0.1) is 5.52 Å². The average molecular weight is 662 g/mol. The number of hydrogen-bond acceptors (Lipinski definition) is 0. The van der Waals surface area contributed by atoms with Crippen molar-refractivity contribution in [3.63, 3.8) is 0 Å². The van der Waals surface area contributed by atoms with Crippen LogP contribution in [0, 0.1) is 6.92 Å². The topological polar surface area (TPSA) is 4.93 Å². The zero-order valence-electron chi connectivity index (χ0n) is 29.0. The Morgan fingerprint density at radius 2 is 0.942 bits per heavy atom. The minimum Gasteiger partial charge on any atom is -0.310 e. The zero-order valence-corrected chi connectivity index (χ0v) is 29.0. The van der Waals surface area contributed by atoms with Gasteiger partial charge in [0.2, 0.25) is 0 Å². The molecule has 0 spiro atoms. The molecule has 10 rings (SSSR count). The lowest BCUT2D eigenvalue weighted by molar-refractivity contribution is 1.10. The highest BCUT2D eigenvalue weighted by atomic mass is 15.0. The van der Waals surface area contributed by atoms with Gasteiger partial charge in [-0.15, -0.1) is 0 Å². The van der Waals surface area contributed by atoms with Crippen molar-refractivity contribution in [3.8, 4) is 39.1 Å². The van der Waals surface area contributed by atoms with Crippen molar-refractivity contribution in [2.45, 2.75) is 6.92 Å². The average Bonchev–Trinajstić information content (AvgIpc) is 3.49. The summed E-state index contributed by atoms with van der Waals surface area (Å²) in [5, 5.41) is 11.2. The largest absolute Gasteiger partial charge is 0.310 e. The van der Waals surface area contributed by atoms with Gasteiger partial charge in [0.1, 0.15) is 0 Å². The van der Waals surface area contributed by atoms with Gasteiger partial charge in [-0.05, 0) is 131 Å². The molecule has 1 heteroatoms. The molecule has 52 heavy (non-hydrogen) atoms. The third-order valence-corrected chi connectivity index (χ3v) is 10.9. The molecule has 0 aliphatic rings. The quantitative estimate of drug-likeness (QED) is 0.162. The van der Waals surface area contributed by atoms with Gasteiger partial charge in [0.15, 0.2) is 0 Å². The summed E-state index contributed by atoms with van der Waals surface area (Å²) in [6, 6.07) is 64.5. The second-order valence-electron chi connectivity index (χ2n) is 13.8. The molecule has 0 unspecified atom stereocenters. The predicted octanol–water partition coefficient (Wildman–Crippen LogP) is 14.2. The molecule has 1 heterocycles. The van der Waals surface area contributed by atoms with Gasteiger partial charge in [-0.1, -0.05) is 146 Å². The monoisotopic (exact) mass is 661 g/mol. The summed E-state index contributed by atoms with van der Waals surface area (Å²) in [7, 11) is 0. The lowest BCUT2D eigenvalue weighted by Crippen LogP contribution is -1.98. The lowest BCUT2D eigenvalue weighted by atomic mass is 9.85. The van der Waals surface area contributed by atoms with Gasteiger partial charge < -0.3 is 4.57 Å². The van der Waals surface area contributed by atoms with E-state index in [1.54, 1.807) is 0 Å². The summed E-state index contributed by atoms with van der Waals surface area (Å²) in [5.74, 6) is 0. The van der Waals surface area contributed by atoms with Gasteiger partial charge in [0, 0.05) is 16.8 Å². The predicted molar refractivity (Wildman–Crippen MR) is 224 cm³/mol. The van der Waals surface area contributed by atoms with E-state index >= 15 is 0 Å². The van der Waals surface area contributed by atoms with Crippen molar-refractivity contribution in [1.82, 2.24) is 4.57 Å². The summed E-state index contributed by atoms with van der Waals surface area (Å²) in [4.78, 5) is 0. The summed E-state index contributed by atoms with van der Waals surface area (Å²) in [6.07, 6.45) is 2.01. The van der Waals surface area contributed by atoms with Crippen LogP contribution in [-0.2, 0) is 0 Å². The SMILES string of the molecule is C=Cc1c(C)c2cc(-c3ccccc3)ccc2n1-c1ccc2c(-c3ccc4ccccc4c3)c3ccccc3c(-c3ccc4ccccc4c3)c2c1. The molecule has 244 valence electrons. The van der Waals surface area contributed by atoms with Crippen LogP contribution in [0.25, 0.3) is 99.1 Å². The van der Waals surface area contributed by atoms with Crippen LogP contribution < -0.4 is 0 Å². The van der Waals surface area contributed by atoms with Gasteiger partial charge in [-0.25, -0.2) is 0 Å². The molecule has 0 atom stereocenters. The number of aryl methyl sites for hydroxylation is 1. The molecule has 1 nitrogen and oxygen atoms in total.